The number of nitrogens with two attached hydrogens (primary N) is 1. The molecule has 0 unspecified atom stereocenters. The van der Waals surface area contributed by atoms with E-state index in [2.05, 4.69) is 20.1 Å². The number of pyridine rings is 1. The van der Waals surface area contributed by atoms with E-state index in [-0.39, 0.29) is 29.7 Å². The number of halogens is 3. The van der Waals surface area contributed by atoms with Gasteiger partial charge in [0.15, 0.2) is 11.4 Å². The number of aromatic nitrogens is 5. The van der Waals surface area contributed by atoms with Crippen molar-refractivity contribution >= 4 is 17.5 Å². The zero-order valence-electron chi connectivity index (χ0n) is 15.2. The summed E-state index contributed by atoms with van der Waals surface area (Å²) in [4.78, 5) is 25.6. The zero-order chi connectivity index (χ0) is 21.3. The van der Waals surface area contributed by atoms with E-state index in [1.54, 1.807) is 24.3 Å². The minimum atomic E-state index is -4.61. The van der Waals surface area contributed by atoms with Crippen LogP contribution in [0.4, 0.5) is 19.1 Å². The van der Waals surface area contributed by atoms with Gasteiger partial charge in [-0.25, -0.2) is 9.97 Å². The molecule has 0 aromatic carbocycles. The molecule has 0 bridgehead atoms. The first-order valence-corrected chi connectivity index (χ1v) is 8.63. The van der Waals surface area contributed by atoms with Crippen molar-refractivity contribution in [2.75, 3.05) is 12.3 Å². The summed E-state index contributed by atoms with van der Waals surface area (Å²) in [5.41, 5.74) is 6.00. The van der Waals surface area contributed by atoms with Crippen LogP contribution < -0.4 is 5.73 Å². The Balaban J connectivity index is 1.69. The van der Waals surface area contributed by atoms with Crippen LogP contribution in [0.5, 0.6) is 0 Å². The summed E-state index contributed by atoms with van der Waals surface area (Å²) in [5, 5.41) is 4.14. The quantitative estimate of drug-likeness (QED) is 0.531. The summed E-state index contributed by atoms with van der Waals surface area (Å²) in [6.45, 7) is -1.82. The highest BCUT2D eigenvalue weighted by Crippen LogP contribution is 2.21. The molecule has 0 aliphatic rings. The predicted octanol–water partition coefficient (Wildman–Crippen LogP) is 2.57. The number of carbonyl (C=O) groups excluding carboxylic acids is 1. The van der Waals surface area contributed by atoms with E-state index in [4.69, 9.17) is 10.2 Å². The number of carbonyl (C=O) groups is 1. The molecular formula is C18H14F3N7O2. The molecule has 0 radical (unpaired) electrons. The Morgan fingerprint density at radius 2 is 2.03 bits per heavy atom. The molecule has 0 aliphatic heterocycles. The van der Waals surface area contributed by atoms with Crippen LogP contribution in [0.15, 0.2) is 53.3 Å². The largest absolute Gasteiger partial charge is 0.461 e. The number of hydrogen-bond donors (Lipinski definition) is 1. The molecule has 0 aliphatic carbocycles. The van der Waals surface area contributed by atoms with E-state index < -0.39 is 18.6 Å². The zero-order valence-corrected chi connectivity index (χ0v) is 15.2. The highest BCUT2D eigenvalue weighted by Gasteiger charge is 2.34. The van der Waals surface area contributed by atoms with Gasteiger partial charge in [0.25, 0.3) is 5.91 Å². The fraction of sp³-hybridized carbons (Fsp3) is 0.167. The van der Waals surface area contributed by atoms with Crippen molar-refractivity contribution in [3.63, 3.8) is 0 Å². The first-order chi connectivity index (χ1) is 14.3. The smallest absolute Gasteiger partial charge is 0.406 e. The molecule has 1 amide bonds. The van der Waals surface area contributed by atoms with Crippen LogP contribution in [-0.4, -0.2) is 48.1 Å². The molecule has 4 aromatic rings. The maximum absolute atomic E-state index is 13.1. The Morgan fingerprint density at radius 1 is 1.20 bits per heavy atom. The van der Waals surface area contributed by atoms with Gasteiger partial charge in [0, 0.05) is 12.3 Å². The lowest BCUT2D eigenvalue weighted by Crippen LogP contribution is -2.39. The van der Waals surface area contributed by atoms with E-state index in [0.29, 0.717) is 16.4 Å². The molecule has 0 atom stereocenters. The number of rotatable bonds is 5. The van der Waals surface area contributed by atoms with Crippen LogP contribution in [-0.2, 0) is 6.54 Å². The molecule has 4 rings (SSSR count). The summed E-state index contributed by atoms with van der Waals surface area (Å²) >= 11 is 0. The molecular weight excluding hydrogens is 403 g/mol. The van der Waals surface area contributed by atoms with Gasteiger partial charge in [-0.1, -0.05) is 6.07 Å². The fourth-order valence-electron chi connectivity index (χ4n) is 2.80. The van der Waals surface area contributed by atoms with E-state index >= 15 is 0 Å². The SMILES string of the molecule is Nc1nc(C(=O)N(Cc2ccccn2)CC(F)(F)F)cc2nc(-c3ccco3)nn12. The van der Waals surface area contributed by atoms with Crippen molar-refractivity contribution in [1.82, 2.24) is 29.5 Å². The highest BCUT2D eigenvalue weighted by molar-refractivity contribution is 5.93. The Morgan fingerprint density at radius 3 is 2.70 bits per heavy atom. The lowest BCUT2D eigenvalue weighted by atomic mass is 10.2. The van der Waals surface area contributed by atoms with Crippen LogP contribution >= 0.6 is 0 Å². The summed E-state index contributed by atoms with van der Waals surface area (Å²) in [5.74, 6) is -0.612. The number of furan rings is 1. The first kappa shape index (κ1) is 19.4. The van der Waals surface area contributed by atoms with Crippen LogP contribution in [0.2, 0.25) is 0 Å². The molecule has 0 fully saturated rings. The third-order valence-corrected chi connectivity index (χ3v) is 4.05. The topological polar surface area (TPSA) is 115 Å². The van der Waals surface area contributed by atoms with Crippen molar-refractivity contribution in [1.29, 1.82) is 0 Å². The van der Waals surface area contributed by atoms with Crippen LogP contribution in [0, 0.1) is 0 Å². The Hall–Kier alpha value is -3.96. The molecule has 2 N–H and O–H groups in total. The van der Waals surface area contributed by atoms with Crippen molar-refractivity contribution < 1.29 is 22.4 Å². The maximum Gasteiger partial charge on any atom is 0.406 e. The van der Waals surface area contributed by atoms with Crippen molar-refractivity contribution in [2.24, 2.45) is 0 Å². The van der Waals surface area contributed by atoms with Gasteiger partial charge in [-0.3, -0.25) is 9.78 Å². The summed E-state index contributed by atoms with van der Waals surface area (Å²) in [7, 11) is 0. The van der Waals surface area contributed by atoms with E-state index in [1.165, 1.54) is 29.1 Å². The van der Waals surface area contributed by atoms with Gasteiger partial charge in [-0.2, -0.15) is 17.7 Å². The second-order valence-electron chi connectivity index (χ2n) is 6.28. The maximum atomic E-state index is 13.1. The molecule has 9 nitrogen and oxygen atoms in total. The lowest BCUT2D eigenvalue weighted by molar-refractivity contribution is -0.141. The number of amides is 1. The van der Waals surface area contributed by atoms with Gasteiger partial charge < -0.3 is 15.1 Å². The number of nitrogens with zero attached hydrogens (tertiary/aromatic N) is 6. The molecule has 0 saturated carbocycles. The second kappa shape index (κ2) is 7.46. The van der Waals surface area contributed by atoms with Gasteiger partial charge in [0.2, 0.25) is 11.8 Å². The average molecular weight is 417 g/mol. The van der Waals surface area contributed by atoms with Gasteiger partial charge in [-0.15, -0.1) is 5.10 Å². The highest BCUT2D eigenvalue weighted by atomic mass is 19.4. The fourth-order valence-corrected chi connectivity index (χ4v) is 2.80. The van der Waals surface area contributed by atoms with E-state index in [1.807, 2.05) is 0 Å². The molecule has 30 heavy (non-hydrogen) atoms. The van der Waals surface area contributed by atoms with Gasteiger partial charge in [0.1, 0.15) is 12.2 Å². The summed E-state index contributed by atoms with van der Waals surface area (Å²) < 4.78 is 45.6. The van der Waals surface area contributed by atoms with Crippen LogP contribution in [0.1, 0.15) is 16.2 Å². The number of alkyl halides is 3. The molecule has 4 heterocycles. The summed E-state index contributed by atoms with van der Waals surface area (Å²) in [6.07, 6.45) is -1.74. The molecule has 0 saturated heterocycles. The second-order valence-corrected chi connectivity index (χ2v) is 6.28. The Bertz CT molecular complexity index is 1170. The van der Waals surface area contributed by atoms with Gasteiger partial charge >= 0.3 is 6.18 Å². The first-order valence-electron chi connectivity index (χ1n) is 8.63. The van der Waals surface area contributed by atoms with Gasteiger partial charge in [0.05, 0.1) is 18.5 Å². The number of fused-ring (bicyclic) bond motifs is 1. The normalized spacial score (nSPS) is 11.7. The minimum Gasteiger partial charge on any atom is -0.461 e. The van der Waals surface area contributed by atoms with E-state index in [0.717, 1.165) is 0 Å². The standard InChI is InChI=1S/C18H14F3N7O2/c19-18(20,21)10-27(9-11-4-1-2-6-23-11)16(29)12-8-14-25-15(13-5-3-7-30-13)26-28(14)17(22)24-12/h1-8H,9-10H2,(H2,22,24). The number of hydrogen-bond acceptors (Lipinski definition) is 7. The molecule has 154 valence electrons. The summed E-state index contributed by atoms with van der Waals surface area (Å²) in [6, 6.07) is 9.26. The van der Waals surface area contributed by atoms with Crippen LogP contribution in [0.25, 0.3) is 17.2 Å². The van der Waals surface area contributed by atoms with Crippen molar-refractivity contribution in [3.05, 3.63) is 60.2 Å². The van der Waals surface area contributed by atoms with Crippen molar-refractivity contribution in [2.45, 2.75) is 12.7 Å². The minimum absolute atomic E-state index is 0.141. The number of nitrogen functional groups attached to an aromatic ring is 1. The molecule has 4 aromatic heterocycles. The predicted molar refractivity (Wildman–Crippen MR) is 97.9 cm³/mol. The molecule has 0 spiro atoms. The monoisotopic (exact) mass is 417 g/mol. The third kappa shape index (κ3) is 4.06. The number of anilines is 1. The van der Waals surface area contributed by atoms with Gasteiger partial charge in [-0.05, 0) is 24.3 Å². The van der Waals surface area contributed by atoms with E-state index in [9.17, 15) is 18.0 Å². The van der Waals surface area contributed by atoms with Crippen molar-refractivity contribution in [3.8, 4) is 11.6 Å². The Kier molecular flexibility index (Phi) is 4.82. The average Bonchev–Trinajstić information content (AvgIpc) is 3.36. The third-order valence-electron chi connectivity index (χ3n) is 4.05. The molecule has 12 heteroatoms. The Labute approximate surface area is 167 Å². The van der Waals surface area contributed by atoms with Crippen LogP contribution in [0.3, 0.4) is 0 Å². The lowest BCUT2D eigenvalue weighted by Gasteiger charge is -2.23.